The fourth-order valence-corrected chi connectivity index (χ4v) is 7.37. The third-order valence-corrected chi connectivity index (χ3v) is 10.7. The smallest absolute Gasteiger partial charge is 0.407 e. The van der Waals surface area contributed by atoms with Crippen LogP contribution in [0.1, 0.15) is 66.5 Å². The van der Waals surface area contributed by atoms with Crippen molar-refractivity contribution in [1.82, 2.24) is 50.3 Å². The molecule has 3 heterocycles. The van der Waals surface area contributed by atoms with E-state index in [-0.39, 0.29) is 42.2 Å². The lowest BCUT2D eigenvalue weighted by molar-refractivity contribution is -0.136. The third kappa shape index (κ3) is 10.8. The summed E-state index contributed by atoms with van der Waals surface area (Å²) in [7, 11) is 2.57. The summed E-state index contributed by atoms with van der Waals surface area (Å²) < 4.78 is 9.56. The van der Waals surface area contributed by atoms with Gasteiger partial charge in [-0.25, -0.2) is 24.5 Å². The van der Waals surface area contributed by atoms with Gasteiger partial charge in [0.05, 0.1) is 68.5 Å². The van der Waals surface area contributed by atoms with Crippen molar-refractivity contribution in [2.45, 2.75) is 86.1 Å². The van der Waals surface area contributed by atoms with Crippen LogP contribution in [-0.2, 0) is 32.2 Å². The highest BCUT2D eigenvalue weighted by Crippen LogP contribution is 2.37. The number of amides is 4. The second-order valence-corrected chi connectivity index (χ2v) is 16.4. The Labute approximate surface area is 357 Å². The molecule has 2 unspecified atom stereocenters. The van der Waals surface area contributed by atoms with E-state index in [1.807, 2.05) is 82.8 Å². The van der Waals surface area contributed by atoms with E-state index in [0.29, 0.717) is 30.7 Å². The highest BCUT2D eigenvalue weighted by molar-refractivity contribution is 6.00. The summed E-state index contributed by atoms with van der Waals surface area (Å²) in [5.74, 6) is 1.18. The first-order valence-corrected chi connectivity index (χ1v) is 20.5. The van der Waals surface area contributed by atoms with Gasteiger partial charge in [0.15, 0.2) is 0 Å². The fourth-order valence-electron chi connectivity index (χ4n) is 7.37. The average molecular weight is 835 g/mol. The number of methoxy groups -OCH3 is 2. The van der Waals surface area contributed by atoms with Gasteiger partial charge in [-0.1, -0.05) is 78.8 Å². The number of nitrogens with zero attached hydrogens (tertiary/aromatic N) is 5. The average Bonchev–Trinajstić information content (AvgIpc) is 3.68. The molecule has 1 fully saturated rings. The van der Waals surface area contributed by atoms with Gasteiger partial charge < -0.3 is 44.9 Å². The molecule has 5 N–H and O–H groups in total. The number of rotatable bonds is 16. The summed E-state index contributed by atoms with van der Waals surface area (Å²) in [4.78, 5) is 79.1. The number of imidazole rings is 3. The minimum Gasteiger partial charge on any atom is -0.453 e. The molecule has 6 rings (SSSR count). The highest BCUT2D eigenvalue weighted by atomic mass is 16.5. The van der Waals surface area contributed by atoms with Crippen molar-refractivity contribution >= 4 is 35.0 Å². The van der Waals surface area contributed by atoms with Gasteiger partial charge in [0, 0.05) is 23.7 Å². The third-order valence-electron chi connectivity index (χ3n) is 10.7. The molecule has 1 aliphatic carbocycles. The van der Waals surface area contributed by atoms with E-state index in [1.54, 1.807) is 23.6 Å². The standard InChI is InChI=1S/C43H56N10O6.C2H2/c1-23(2)19-52(40(54)36(24(3)4)50-42(56)58-8)20-34-45-18-32(49-34)30-15-14-29(38-39(30)47-22-46-38)27-10-12-28(13-11-27)31-17-44-35(48-31)21-53(33-16-26(33)7)41(55)37(25(5)6)51-43(57)59-9;1-2/h10-15,17-18,22-26,33,36-37H,16,19-21H2,1-9H3,(H,44,48)(H,45,49)(H,46,47)(H,50,56)(H,51,57);1-2H/t26-,33+,36?,37?;/m0./s1. The lowest BCUT2D eigenvalue weighted by atomic mass is 9.99. The maximum Gasteiger partial charge on any atom is 0.407 e. The van der Waals surface area contributed by atoms with Gasteiger partial charge >= 0.3 is 12.2 Å². The Morgan fingerprint density at radius 3 is 1.84 bits per heavy atom. The minimum absolute atomic E-state index is 0.0775. The molecular weight excluding hydrogens is 777 g/mol. The molecule has 16 heteroatoms. The van der Waals surface area contributed by atoms with Crippen LogP contribution in [0.3, 0.4) is 0 Å². The number of hydrogen-bond donors (Lipinski definition) is 5. The summed E-state index contributed by atoms with van der Waals surface area (Å²) in [5.41, 5.74) is 6.96. The fraction of sp³-hybridized carbons (Fsp3) is 0.444. The van der Waals surface area contributed by atoms with Crippen LogP contribution in [0.4, 0.5) is 9.59 Å². The van der Waals surface area contributed by atoms with Crippen LogP contribution in [0.5, 0.6) is 0 Å². The second-order valence-electron chi connectivity index (χ2n) is 16.4. The first kappa shape index (κ1) is 45.5. The molecule has 0 radical (unpaired) electrons. The van der Waals surface area contributed by atoms with Crippen LogP contribution in [0.2, 0.25) is 0 Å². The van der Waals surface area contributed by atoms with Crippen LogP contribution in [0.15, 0.2) is 55.1 Å². The number of H-pyrrole nitrogens is 3. The molecule has 1 saturated carbocycles. The number of ether oxygens (including phenoxy) is 2. The van der Waals surface area contributed by atoms with Crippen LogP contribution in [0, 0.1) is 36.5 Å². The number of aromatic amines is 3. The van der Waals surface area contributed by atoms with E-state index >= 15 is 0 Å². The summed E-state index contributed by atoms with van der Waals surface area (Å²) in [6.07, 6.45) is 12.8. The maximum absolute atomic E-state index is 13.7. The zero-order valence-electron chi connectivity index (χ0n) is 36.4. The Morgan fingerprint density at radius 2 is 1.28 bits per heavy atom. The topological polar surface area (TPSA) is 203 Å². The van der Waals surface area contributed by atoms with Crippen LogP contribution >= 0.6 is 0 Å². The summed E-state index contributed by atoms with van der Waals surface area (Å²) >= 11 is 0. The molecular formula is C45H58N10O6. The predicted molar refractivity (Wildman–Crippen MR) is 233 cm³/mol. The Bertz CT molecular complexity index is 2310. The summed E-state index contributed by atoms with van der Waals surface area (Å²) in [6.45, 7) is 14.8. The number of aromatic nitrogens is 6. The van der Waals surface area contributed by atoms with E-state index in [0.717, 1.165) is 51.1 Å². The van der Waals surface area contributed by atoms with Crippen molar-refractivity contribution in [3.8, 4) is 46.5 Å². The van der Waals surface area contributed by atoms with Gasteiger partial charge in [-0.2, -0.15) is 0 Å². The number of benzene rings is 2. The monoisotopic (exact) mass is 834 g/mol. The lowest BCUT2D eigenvalue weighted by Gasteiger charge is -2.30. The van der Waals surface area contributed by atoms with Crippen molar-refractivity contribution in [1.29, 1.82) is 0 Å². The highest BCUT2D eigenvalue weighted by Gasteiger charge is 2.43. The molecule has 0 bridgehead atoms. The molecule has 324 valence electrons. The zero-order valence-corrected chi connectivity index (χ0v) is 36.4. The lowest BCUT2D eigenvalue weighted by Crippen LogP contribution is -2.52. The molecule has 16 nitrogen and oxygen atoms in total. The molecule has 1 aliphatic rings. The zero-order chi connectivity index (χ0) is 44.5. The normalized spacial score (nSPS) is 15.4. The molecule has 4 atom stereocenters. The van der Waals surface area contributed by atoms with E-state index in [9.17, 15) is 19.2 Å². The first-order valence-electron chi connectivity index (χ1n) is 20.5. The van der Waals surface area contributed by atoms with E-state index in [1.165, 1.54) is 14.2 Å². The number of alkyl carbamates (subject to hydrolysis) is 2. The van der Waals surface area contributed by atoms with Crippen molar-refractivity contribution in [2.75, 3.05) is 20.8 Å². The number of carbonyl (C=O) groups excluding carboxylic acids is 4. The van der Waals surface area contributed by atoms with Crippen molar-refractivity contribution < 1.29 is 28.7 Å². The summed E-state index contributed by atoms with van der Waals surface area (Å²) in [6, 6.07) is 10.8. The largest absolute Gasteiger partial charge is 0.453 e. The number of hydrogen-bond acceptors (Lipinski definition) is 9. The van der Waals surface area contributed by atoms with Crippen LogP contribution in [0.25, 0.3) is 44.7 Å². The van der Waals surface area contributed by atoms with Gasteiger partial charge in [-0.05, 0) is 47.3 Å². The second kappa shape index (κ2) is 20.1. The molecule has 0 aliphatic heterocycles. The van der Waals surface area contributed by atoms with Crippen molar-refractivity contribution in [3.63, 3.8) is 0 Å². The van der Waals surface area contributed by atoms with E-state index in [2.05, 4.69) is 60.3 Å². The number of nitrogens with one attached hydrogen (secondary N) is 5. The van der Waals surface area contributed by atoms with Crippen molar-refractivity contribution in [2.24, 2.45) is 23.7 Å². The van der Waals surface area contributed by atoms with Gasteiger partial charge in [0.2, 0.25) is 11.8 Å². The Kier molecular flexibility index (Phi) is 15.0. The van der Waals surface area contributed by atoms with Gasteiger partial charge in [-0.3, -0.25) is 9.59 Å². The minimum atomic E-state index is -0.746. The van der Waals surface area contributed by atoms with Gasteiger partial charge in [0.1, 0.15) is 23.7 Å². The Hall–Kier alpha value is -6.63. The molecule has 0 spiro atoms. The molecule has 0 saturated heterocycles. The Balaban J connectivity index is 0.00000347. The first-order chi connectivity index (χ1) is 29.2. The molecule has 5 aromatic rings. The predicted octanol–water partition coefficient (Wildman–Crippen LogP) is 6.74. The molecule has 3 aromatic heterocycles. The SMILES string of the molecule is C#C.COC(=O)NC(C(=O)N(Cc1ncc(-c2ccc(-c3ccc(-c4cnc(CN(C(=O)C(NC(=O)OC)C(C)C)[C@@H]5C[C@@H]5C)[nH]4)cc3)c3[nH]cnc23)[nH]1)CC(C)C)C(C)C. The van der Waals surface area contributed by atoms with Gasteiger partial charge in [-0.15, -0.1) is 12.8 Å². The Morgan fingerprint density at radius 1 is 0.754 bits per heavy atom. The molecule has 2 aromatic carbocycles. The van der Waals surface area contributed by atoms with Gasteiger partial charge in [0.25, 0.3) is 0 Å². The maximum atomic E-state index is 13.7. The van der Waals surface area contributed by atoms with Crippen LogP contribution < -0.4 is 10.6 Å². The van der Waals surface area contributed by atoms with Crippen molar-refractivity contribution in [3.05, 3.63) is 66.8 Å². The number of terminal acetylenes is 1. The van der Waals surface area contributed by atoms with E-state index < -0.39 is 24.3 Å². The quantitative estimate of drug-likeness (QED) is 0.0667. The molecule has 4 amide bonds. The molecule has 61 heavy (non-hydrogen) atoms. The summed E-state index contributed by atoms with van der Waals surface area (Å²) in [5, 5.41) is 5.40. The van der Waals surface area contributed by atoms with Crippen LogP contribution in [-0.4, -0.2) is 103 Å². The number of carbonyl (C=O) groups is 4. The van der Waals surface area contributed by atoms with E-state index in [4.69, 9.17) is 9.47 Å². The number of fused-ring (bicyclic) bond motifs is 1.